The van der Waals surface area contributed by atoms with Crippen LogP contribution in [0.5, 0.6) is 5.75 Å². The summed E-state index contributed by atoms with van der Waals surface area (Å²) in [5.74, 6) is 2.61. The maximum atomic E-state index is 5.95. The first kappa shape index (κ1) is 12.8. The van der Waals surface area contributed by atoms with Gasteiger partial charge in [-0.05, 0) is 43.3 Å². The Morgan fingerprint density at radius 2 is 2.15 bits per heavy atom. The first-order valence-corrected chi connectivity index (χ1v) is 6.62. The first-order valence-electron chi connectivity index (χ1n) is 6.62. The molecular weight excluding hydrogens is 254 g/mol. The van der Waals surface area contributed by atoms with Crippen LogP contribution in [-0.4, -0.2) is 13.7 Å². The molecule has 2 N–H and O–H groups in total. The second-order valence-corrected chi connectivity index (χ2v) is 4.66. The van der Waals surface area contributed by atoms with E-state index in [0.717, 1.165) is 40.2 Å². The van der Waals surface area contributed by atoms with Crippen LogP contribution in [-0.2, 0) is 12.8 Å². The molecule has 4 heteroatoms. The molecule has 0 radical (unpaired) electrons. The van der Waals surface area contributed by atoms with Crippen LogP contribution in [0, 0.1) is 0 Å². The number of nitrogens with two attached hydrogens (primary N) is 1. The summed E-state index contributed by atoms with van der Waals surface area (Å²) in [4.78, 5) is 0. The molecule has 0 spiro atoms. The Bertz CT molecular complexity index is 698. The van der Waals surface area contributed by atoms with Gasteiger partial charge < -0.3 is 19.3 Å². The van der Waals surface area contributed by atoms with Gasteiger partial charge in [-0.15, -0.1) is 0 Å². The van der Waals surface area contributed by atoms with Gasteiger partial charge in [0.1, 0.15) is 22.9 Å². The largest absolute Gasteiger partial charge is 0.497 e. The number of rotatable bonds is 5. The van der Waals surface area contributed by atoms with Crippen molar-refractivity contribution in [1.29, 1.82) is 0 Å². The van der Waals surface area contributed by atoms with Crippen LogP contribution >= 0.6 is 0 Å². The molecule has 0 unspecified atom stereocenters. The van der Waals surface area contributed by atoms with Gasteiger partial charge in [0.2, 0.25) is 0 Å². The van der Waals surface area contributed by atoms with E-state index in [9.17, 15) is 0 Å². The Labute approximate surface area is 117 Å². The second-order valence-electron chi connectivity index (χ2n) is 4.66. The molecule has 20 heavy (non-hydrogen) atoms. The fourth-order valence-electron chi connectivity index (χ4n) is 2.44. The molecule has 3 aromatic rings. The number of hydrogen-bond acceptors (Lipinski definition) is 4. The van der Waals surface area contributed by atoms with Crippen molar-refractivity contribution < 1.29 is 13.6 Å². The first-order chi connectivity index (χ1) is 9.81. The molecular formula is C16H17NO3. The van der Waals surface area contributed by atoms with Crippen LogP contribution in [0.15, 0.2) is 45.4 Å². The van der Waals surface area contributed by atoms with Gasteiger partial charge in [-0.25, -0.2) is 0 Å². The predicted molar refractivity (Wildman–Crippen MR) is 77.0 cm³/mol. The van der Waals surface area contributed by atoms with E-state index in [1.54, 1.807) is 13.4 Å². The van der Waals surface area contributed by atoms with Crippen molar-refractivity contribution in [2.24, 2.45) is 5.73 Å². The van der Waals surface area contributed by atoms with Crippen molar-refractivity contribution in [2.75, 3.05) is 13.7 Å². The summed E-state index contributed by atoms with van der Waals surface area (Å²) >= 11 is 0. The van der Waals surface area contributed by atoms with Crippen molar-refractivity contribution in [3.05, 3.63) is 53.7 Å². The van der Waals surface area contributed by atoms with Crippen molar-refractivity contribution in [1.82, 2.24) is 0 Å². The molecule has 0 amide bonds. The van der Waals surface area contributed by atoms with Gasteiger partial charge in [0, 0.05) is 10.9 Å². The highest BCUT2D eigenvalue weighted by Crippen LogP contribution is 2.31. The minimum absolute atomic E-state index is 0.580. The SMILES string of the molecule is COc1ccc2oc(Cc3ccco3)c(CCN)c2c1. The number of furan rings is 2. The van der Waals surface area contributed by atoms with Gasteiger partial charge in [-0.1, -0.05) is 0 Å². The summed E-state index contributed by atoms with van der Waals surface area (Å²) < 4.78 is 16.6. The molecule has 2 heterocycles. The lowest BCUT2D eigenvalue weighted by Gasteiger charge is -2.01. The lowest BCUT2D eigenvalue weighted by molar-refractivity contribution is 0.415. The minimum Gasteiger partial charge on any atom is -0.497 e. The third-order valence-corrected chi connectivity index (χ3v) is 3.39. The third kappa shape index (κ3) is 2.30. The van der Waals surface area contributed by atoms with Crippen molar-refractivity contribution in [3.63, 3.8) is 0 Å². The standard InChI is InChI=1S/C16H17NO3/c1-18-11-4-5-15-14(9-11)13(6-7-17)16(20-15)10-12-3-2-8-19-12/h2-5,8-9H,6-7,10,17H2,1H3. The second kappa shape index (κ2) is 5.43. The molecule has 0 bridgehead atoms. The lowest BCUT2D eigenvalue weighted by atomic mass is 10.0. The van der Waals surface area contributed by atoms with E-state index in [2.05, 4.69) is 0 Å². The van der Waals surface area contributed by atoms with Crippen LogP contribution in [0.3, 0.4) is 0 Å². The number of fused-ring (bicyclic) bond motifs is 1. The maximum Gasteiger partial charge on any atom is 0.134 e. The van der Waals surface area contributed by atoms with Crippen molar-refractivity contribution in [3.8, 4) is 5.75 Å². The fourth-order valence-corrected chi connectivity index (χ4v) is 2.44. The Hall–Kier alpha value is -2.20. The van der Waals surface area contributed by atoms with Crippen molar-refractivity contribution in [2.45, 2.75) is 12.8 Å². The number of ether oxygens (including phenoxy) is 1. The van der Waals surface area contributed by atoms with Gasteiger partial charge in [0.05, 0.1) is 19.8 Å². The van der Waals surface area contributed by atoms with Crippen LogP contribution < -0.4 is 10.5 Å². The molecule has 1 aromatic carbocycles. The zero-order valence-electron chi connectivity index (χ0n) is 11.4. The lowest BCUT2D eigenvalue weighted by Crippen LogP contribution is -2.04. The highest BCUT2D eigenvalue weighted by Gasteiger charge is 2.15. The van der Waals surface area contributed by atoms with E-state index in [-0.39, 0.29) is 0 Å². The number of hydrogen-bond donors (Lipinski definition) is 1. The highest BCUT2D eigenvalue weighted by atomic mass is 16.5. The van der Waals surface area contributed by atoms with Gasteiger partial charge in [0.15, 0.2) is 0 Å². The molecule has 0 aliphatic rings. The molecule has 0 saturated carbocycles. The van der Waals surface area contributed by atoms with E-state index in [1.165, 1.54) is 0 Å². The summed E-state index contributed by atoms with van der Waals surface area (Å²) in [6.07, 6.45) is 3.08. The average molecular weight is 271 g/mol. The number of methoxy groups -OCH3 is 1. The predicted octanol–water partition coefficient (Wildman–Crippen LogP) is 3.13. The fraction of sp³-hybridized carbons (Fsp3) is 0.250. The monoisotopic (exact) mass is 271 g/mol. The minimum atomic E-state index is 0.580. The molecule has 3 rings (SSSR count). The Morgan fingerprint density at radius 1 is 1.25 bits per heavy atom. The van der Waals surface area contributed by atoms with E-state index in [4.69, 9.17) is 19.3 Å². The Morgan fingerprint density at radius 3 is 2.85 bits per heavy atom. The summed E-state index contributed by atoms with van der Waals surface area (Å²) in [7, 11) is 1.66. The van der Waals surface area contributed by atoms with Gasteiger partial charge in [0.25, 0.3) is 0 Å². The third-order valence-electron chi connectivity index (χ3n) is 3.39. The summed E-state index contributed by atoms with van der Waals surface area (Å²) in [6, 6.07) is 9.65. The molecule has 2 aromatic heterocycles. The van der Waals surface area contributed by atoms with Gasteiger partial charge in [-0.3, -0.25) is 0 Å². The zero-order chi connectivity index (χ0) is 13.9. The van der Waals surface area contributed by atoms with E-state index < -0.39 is 0 Å². The quantitative estimate of drug-likeness (QED) is 0.774. The van der Waals surface area contributed by atoms with E-state index >= 15 is 0 Å². The van der Waals surface area contributed by atoms with Crippen LogP contribution in [0.25, 0.3) is 11.0 Å². The Balaban J connectivity index is 2.08. The molecule has 0 atom stereocenters. The zero-order valence-corrected chi connectivity index (χ0v) is 11.4. The summed E-state index contributed by atoms with van der Waals surface area (Å²) in [5, 5.41) is 1.07. The van der Waals surface area contributed by atoms with Gasteiger partial charge in [-0.2, -0.15) is 0 Å². The van der Waals surface area contributed by atoms with Gasteiger partial charge >= 0.3 is 0 Å². The van der Waals surface area contributed by atoms with E-state index in [1.807, 2.05) is 30.3 Å². The Kier molecular flexibility index (Phi) is 3.48. The van der Waals surface area contributed by atoms with Crippen LogP contribution in [0.2, 0.25) is 0 Å². The highest BCUT2D eigenvalue weighted by molar-refractivity contribution is 5.84. The average Bonchev–Trinajstić information content (AvgIpc) is 3.08. The molecule has 4 nitrogen and oxygen atoms in total. The van der Waals surface area contributed by atoms with Crippen LogP contribution in [0.4, 0.5) is 0 Å². The maximum absolute atomic E-state index is 5.95. The topological polar surface area (TPSA) is 61.5 Å². The molecule has 104 valence electrons. The molecule has 0 aliphatic heterocycles. The summed E-state index contributed by atoms with van der Waals surface area (Å²) in [6.45, 7) is 0.580. The van der Waals surface area contributed by atoms with Crippen molar-refractivity contribution >= 4 is 11.0 Å². The smallest absolute Gasteiger partial charge is 0.134 e. The normalized spacial score (nSPS) is 11.1. The molecule has 0 fully saturated rings. The summed E-state index contributed by atoms with van der Waals surface area (Å²) in [5.41, 5.74) is 7.72. The van der Waals surface area contributed by atoms with E-state index in [0.29, 0.717) is 13.0 Å². The molecule has 0 aliphatic carbocycles. The number of benzene rings is 1. The van der Waals surface area contributed by atoms with Crippen LogP contribution in [0.1, 0.15) is 17.1 Å². The molecule has 0 saturated heterocycles.